The summed E-state index contributed by atoms with van der Waals surface area (Å²) < 4.78 is 12.9. The van der Waals surface area contributed by atoms with Crippen molar-refractivity contribution in [3.63, 3.8) is 0 Å². The molecule has 0 spiro atoms. The molecule has 84 valence electrons. The number of hydrogen-bond donors (Lipinski definition) is 1. The highest BCUT2D eigenvalue weighted by atomic mass is 35.5. The molecule has 0 aliphatic rings. The van der Waals surface area contributed by atoms with E-state index in [1.54, 1.807) is 12.1 Å². The van der Waals surface area contributed by atoms with Crippen LogP contribution < -0.4 is 5.32 Å². The fraction of sp³-hybridized carbons (Fsp3) is 0.455. The van der Waals surface area contributed by atoms with Gasteiger partial charge in [0.15, 0.2) is 0 Å². The van der Waals surface area contributed by atoms with E-state index in [0.29, 0.717) is 12.4 Å². The van der Waals surface area contributed by atoms with Crippen molar-refractivity contribution in [3.05, 3.63) is 34.6 Å². The van der Waals surface area contributed by atoms with E-state index >= 15 is 0 Å². The lowest BCUT2D eigenvalue weighted by Crippen LogP contribution is -2.29. The van der Waals surface area contributed by atoms with E-state index in [4.69, 9.17) is 23.2 Å². The van der Waals surface area contributed by atoms with Gasteiger partial charge >= 0.3 is 0 Å². The average molecular weight is 250 g/mol. The third-order valence-electron chi connectivity index (χ3n) is 2.26. The van der Waals surface area contributed by atoms with E-state index in [0.717, 1.165) is 12.0 Å². The first-order valence-electron chi connectivity index (χ1n) is 4.90. The van der Waals surface area contributed by atoms with Crippen LogP contribution in [0.5, 0.6) is 0 Å². The van der Waals surface area contributed by atoms with Crippen molar-refractivity contribution in [2.24, 2.45) is 0 Å². The van der Waals surface area contributed by atoms with Gasteiger partial charge in [-0.05, 0) is 24.1 Å². The zero-order chi connectivity index (χ0) is 11.3. The number of halogens is 3. The summed E-state index contributed by atoms with van der Waals surface area (Å²) >= 11 is 11.4. The third-order valence-corrected chi connectivity index (χ3v) is 2.92. The van der Waals surface area contributed by atoms with E-state index in [2.05, 4.69) is 12.2 Å². The van der Waals surface area contributed by atoms with Crippen molar-refractivity contribution < 1.29 is 4.39 Å². The van der Waals surface area contributed by atoms with Gasteiger partial charge in [0.1, 0.15) is 5.82 Å². The van der Waals surface area contributed by atoms with Crippen LogP contribution in [-0.2, 0) is 6.54 Å². The fourth-order valence-electron chi connectivity index (χ4n) is 1.22. The maximum Gasteiger partial charge on any atom is 0.141 e. The molecule has 0 aromatic heterocycles. The van der Waals surface area contributed by atoms with E-state index in [-0.39, 0.29) is 16.9 Å². The van der Waals surface area contributed by atoms with Crippen LogP contribution in [0.3, 0.4) is 0 Å². The Kier molecular flexibility index (Phi) is 5.37. The fourth-order valence-corrected chi connectivity index (χ4v) is 1.75. The summed E-state index contributed by atoms with van der Waals surface area (Å²) in [6.07, 6.45) is 0.971. The second kappa shape index (κ2) is 6.31. The molecule has 1 rings (SSSR count). The summed E-state index contributed by atoms with van der Waals surface area (Å²) in [5.41, 5.74) is 0.963. The van der Waals surface area contributed by atoms with Crippen LogP contribution in [0.15, 0.2) is 18.2 Å². The number of alkyl halides is 1. The normalized spacial score (nSPS) is 12.8. The smallest absolute Gasteiger partial charge is 0.141 e. The Labute approximate surface area is 99.6 Å². The summed E-state index contributed by atoms with van der Waals surface area (Å²) in [7, 11) is 0. The van der Waals surface area contributed by atoms with E-state index in [9.17, 15) is 4.39 Å². The lowest BCUT2D eigenvalue weighted by Gasteiger charge is -2.13. The van der Waals surface area contributed by atoms with Crippen molar-refractivity contribution in [3.8, 4) is 0 Å². The van der Waals surface area contributed by atoms with Crippen LogP contribution in [0.2, 0.25) is 5.02 Å². The van der Waals surface area contributed by atoms with Crippen LogP contribution in [0.1, 0.15) is 18.9 Å². The maximum atomic E-state index is 12.9. The summed E-state index contributed by atoms with van der Waals surface area (Å²) in [4.78, 5) is 0. The molecule has 15 heavy (non-hydrogen) atoms. The first-order valence-corrected chi connectivity index (χ1v) is 5.82. The summed E-state index contributed by atoms with van der Waals surface area (Å²) in [5, 5.41) is 3.43. The quantitative estimate of drug-likeness (QED) is 0.787. The Morgan fingerprint density at radius 2 is 2.20 bits per heavy atom. The molecule has 0 bridgehead atoms. The number of hydrogen-bond acceptors (Lipinski definition) is 1. The van der Waals surface area contributed by atoms with Crippen LogP contribution in [0, 0.1) is 5.82 Å². The first kappa shape index (κ1) is 12.8. The maximum absolute atomic E-state index is 12.9. The van der Waals surface area contributed by atoms with Crippen LogP contribution >= 0.6 is 23.2 Å². The molecular formula is C11H14Cl2FN. The molecule has 4 heteroatoms. The molecule has 0 aliphatic heterocycles. The molecule has 0 amide bonds. The van der Waals surface area contributed by atoms with Gasteiger partial charge in [-0.1, -0.05) is 24.6 Å². The van der Waals surface area contributed by atoms with Gasteiger partial charge in [-0.15, -0.1) is 11.6 Å². The molecular weight excluding hydrogens is 236 g/mol. The molecule has 0 heterocycles. The molecule has 1 nitrogen and oxygen atoms in total. The highest BCUT2D eigenvalue weighted by Crippen LogP contribution is 2.16. The lowest BCUT2D eigenvalue weighted by molar-refractivity contribution is 0.538. The SMILES string of the molecule is CCC(CCl)NCc1ccc(F)c(Cl)c1. The monoisotopic (exact) mass is 249 g/mol. The minimum absolute atomic E-state index is 0.160. The van der Waals surface area contributed by atoms with Crippen LogP contribution in [-0.4, -0.2) is 11.9 Å². The third kappa shape index (κ3) is 3.98. The highest BCUT2D eigenvalue weighted by molar-refractivity contribution is 6.30. The minimum atomic E-state index is -0.384. The molecule has 1 unspecified atom stereocenters. The number of nitrogens with one attached hydrogen (secondary N) is 1. The summed E-state index contributed by atoms with van der Waals surface area (Å²) in [5.74, 6) is 0.190. The molecule has 0 aliphatic carbocycles. The first-order chi connectivity index (χ1) is 7.17. The minimum Gasteiger partial charge on any atom is -0.309 e. The van der Waals surface area contributed by atoms with Crippen molar-refractivity contribution in [2.75, 3.05) is 5.88 Å². The van der Waals surface area contributed by atoms with Crippen LogP contribution in [0.4, 0.5) is 4.39 Å². The molecule has 0 radical (unpaired) electrons. The molecule has 1 aromatic carbocycles. The molecule has 1 aromatic rings. The topological polar surface area (TPSA) is 12.0 Å². The van der Waals surface area contributed by atoms with E-state index < -0.39 is 0 Å². The van der Waals surface area contributed by atoms with Crippen molar-refractivity contribution in [1.82, 2.24) is 5.32 Å². The van der Waals surface area contributed by atoms with Gasteiger partial charge in [-0.3, -0.25) is 0 Å². The molecule has 1 atom stereocenters. The Bertz CT molecular complexity index is 313. The van der Waals surface area contributed by atoms with Gasteiger partial charge in [-0.2, -0.15) is 0 Å². The molecule has 0 saturated heterocycles. The zero-order valence-electron chi connectivity index (χ0n) is 8.56. The van der Waals surface area contributed by atoms with Crippen LogP contribution in [0.25, 0.3) is 0 Å². The largest absolute Gasteiger partial charge is 0.309 e. The summed E-state index contributed by atoms with van der Waals surface area (Å²) in [6.45, 7) is 2.73. The van der Waals surface area contributed by atoms with Crippen molar-refractivity contribution >= 4 is 23.2 Å². The predicted octanol–water partition coefficient (Wildman–Crippen LogP) is 3.59. The molecule has 1 N–H and O–H groups in total. The van der Waals surface area contributed by atoms with Crippen molar-refractivity contribution in [1.29, 1.82) is 0 Å². The molecule has 0 saturated carbocycles. The Hall–Kier alpha value is -0.310. The van der Waals surface area contributed by atoms with E-state index in [1.807, 2.05) is 0 Å². The number of benzene rings is 1. The zero-order valence-corrected chi connectivity index (χ0v) is 10.1. The standard InChI is InChI=1S/C11H14Cl2FN/c1-2-9(6-12)15-7-8-3-4-11(14)10(13)5-8/h3-5,9,15H,2,6-7H2,1H3. The highest BCUT2D eigenvalue weighted by Gasteiger charge is 2.05. The van der Waals surface area contributed by atoms with Gasteiger partial charge in [0.25, 0.3) is 0 Å². The van der Waals surface area contributed by atoms with Crippen molar-refractivity contribution in [2.45, 2.75) is 25.9 Å². The van der Waals surface area contributed by atoms with Gasteiger partial charge in [0.2, 0.25) is 0 Å². The van der Waals surface area contributed by atoms with E-state index in [1.165, 1.54) is 6.07 Å². The Morgan fingerprint density at radius 3 is 2.73 bits per heavy atom. The van der Waals surface area contributed by atoms with Gasteiger partial charge in [-0.25, -0.2) is 4.39 Å². The lowest BCUT2D eigenvalue weighted by atomic mass is 10.2. The van der Waals surface area contributed by atoms with Gasteiger partial charge in [0.05, 0.1) is 5.02 Å². The summed E-state index contributed by atoms with van der Waals surface area (Å²) in [6, 6.07) is 5.01. The molecule has 0 fully saturated rings. The Morgan fingerprint density at radius 1 is 1.47 bits per heavy atom. The second-order valence-electron chi connectivity index (χ2n) is 3.39. The predicted molar refractivity (Wildman–Crippen MR) is 63.0 cm³/mol. The Balaban J connectivity index is 2.54. The number of rotatable bonds is 5. The second-order valence-corrected chi connectivity index (χ2v) is 4.10. The van der Waals surface area contributed by atoms with Gasteiger partial charge < -0.3 is 5.32 Å². The average Bonchev–Trinajstić information content (AvgIpc) is 2.24. The van der Waals surface area contributed by atoms with Gasteiger partial charge in [0, 0.05) is 18.5 Å².